The maximum atomic E-state index is 13.1. The van der Waals surface area contributed by atoms with Crippen LogP contribution in [0.4, 0.5) is 20.2 Å². The highest BCUT2D eigenvalue weighted by Crippen LogP contribution is 2.31. The molecule has 1 saturated carbocycles. The van der Waals surface area contributed by atoms with Crippen LogP contribution in [0.3, 0.4) is 0 Å². The third-order valence-electron chi connectivity index (χ3n) is 7.22. The average Bonchev–Trinajstić information content (AvgIpc) is 3.39. The number of benzene rings is 1. The number of ether oxygens (including phenoxy) is 1. The van der Waals surface area contributed by atoms with Crippen LogP contribution in [-0.4, -0.2) is 83.9 Å². The van der Waals surface area contributed by atoms with Gasteiger partial charge in [0.1, 0.15) is 5.69 Å². The number of morpholine rings is 1. The van der Waals surface area contributed by atoms with Crippen molar-refractivity contribution in [1.29, 1.82) is 0 Å². The van der Waals surface area contributed by atoms with Crippen LogP contribution < -0.4 is 15.5 Å². The molecule has 2 aromatic rings. The van der Waals surface area contributed by atoms with E-state index in [0.717, 1.165) is 23.7 Å². The van der Waals surface area contributed by atoms with Crippen LogP contribution in [0.1, 0.15) is 46.7 Å². The van der Waals surface area contributed by atoms with E-state index in [9.17, 15) is 23.2 Å². The highest BCUT2D eigenvalue weighted by Gasteiger charge is 2.47. The van der Waals surface area contributed by atoms with Crippen LogP contribution >= 0.6 is 11.6 Å². The molecule has 2 aliphatic heterocycles. The second-order valence-corrected chi connectivity index (χ2v) is 10.3. The van der Waals surface area contributed by atoms with Crippen LogP contribution in [0.25, 0.3) is 0 Å². The van der Waals surface area contributed by atoms with E-state index in [1.54, 1.807) is 6.07 Å². The van der Waals surface area contributed by atoms with Gasteiger partial charge in [0, 0.05) is 30.7 Å². The maximum absolute atomic E-state index is 13.1. The number of likely N-dealkylation sites (tertiary alicyclic amines) is 1. The Morgan fingerprint density at radius 2 is 1.82 bits per heavy atom. The molecule has 0 spiro atoms. The van der Waals surface area contributed by atoms with Gasteiger partial charge in [-0.15, -0.1) is 0 Å². The molecule has 38 heavy (non-hydrogen) atoms. The van der Waals surface area contributed by atoms with Gasteiger partial charge in [0.05, 0.1) is 43.3 Å². The number of hydrogen-bond donors (Lipinski definition) is 3. The molecule has 204 valence electrons. The van der Waals surface area contributed by atoms with Crippen molar-refractivity contribution in [2.75, 3.05) is 49.6 Å². The quantitative estimate of drug-likeness (QED) is 0.509. The Kier molecular flexibility index (Phi) is 7.53. The zero-order valence-electron chi connectivity index (χ0n) is 20.6. The predicted octanol–water partition coefficient (Wildman–Crippen LogP) is 2.92. The fourth-order valence-corrected chi connectivity index (χ4v) is 5.22. The molecule has 3 fully saturated rings. The average molecular weight is 551 g/mol. The first-order valence-electron chi connectivity index (χ1n) is 12.6. The standard InChI is InChI=1S/C25H29ClF2N6O4/c26-18-6-5-17(33-7-9-38-10-8-33)11-19(18)32-22(35)15-1-3-16(4-2-15)31-23(36)20-21(30-14-29-20)24(37)34-12-25(27,28)13-34/h5-6,11,14-16H,1-4,7-10,12-13H2,(H,29,30)(H,31,36)(H,32,35)/t15-,16-. The van der Waals surface area contributed by atoms with E-state index in [-0.39, 0.29) is 29.3 Å². The van der Waals surface area contributed by atoms with E-state index in [2.05, 4.69) is 25.5 Å². The van der Waals surface area contributed by atoms with E-state index in [1.165, 1.54) is 6.33 Å². The minimum absolute atomic E-state index is 0.0557. The van der Waals surface area contributed by atoms with Crippen LogP contribution in [0.2, 0.25) is 5.02 Å². The predicted molar refractivity (Wildman–Crippen MR) is 136 cm³/mol. The summed E-state index contributed by atoms with van der Waals surface area (Å²) in [7, 11) is 0. The second kappa shape index (κ2) is 10.9. The van der Waals surface area contributed by atoms with E-state index < -0.39 is 30.8 Å². The minimum atomic E-state index is -2.91. The Morgan fingerprint density at radius 3 is 2.50 bits per heavy atom. The summed E-state index contributed by atoms with van der Waals surface area (Å²) in [5.41, 5.74) is 1.30. The Hall–Kier alpha value is -3.25. The highest BCUT2D eigenvalue weighted by molar-refractivity contribution is 6.33. The molecule has 1 aliphatic carbocycles. The number of nitrogens with one attached hydrogen (secondary N) is 3. The normalized spacial score (nSPS) is 22.9. The Balaban J connectivity index is 1.13. The first-order chi connectivity index (χ1) is 18.2. The van der Waals surface area contributed by atoms with Gasteiger partial charge in [0.2, 0.25) is 5.91 Å². The lowest BCUT2D eigenvalue weighted by atomic mass is 9.85. The number of hydrogen-bond acceptors (Lipinski definition) is 6. The Morgan fingerprint density at radius 1 is 1.11 bits per heavy atom. The monoisotopic (exact) mass is 550 g/mol. The van der Waals surface area contributed by atoms with Crippen molar-refractivity contribution in [1.82, 2.24) is 20.2 Å². The number of nitrogens with zero attached hydrogens (tertiary/aromatic N) is 3. The van der Waals surface area contributed by atoms with Crippen molar-refractivity contribution >= 4 is 40.7 Å². The molecule has 10 nitrogen and oxygen atoms in total. The van der Waals surface area contributed by atoms with Gasteiger partial charge in [-0.2, -0.15) is 0 Å². The number of H-pyrrole nitrogens is 1. The van der Waals surface area contributed by atoms with Crippen molar-refractivity contribution < 1.29 is 27.9 Å². The molecule has 13 heteroatoms. The van der Waals surface area contributed by atoms with E-state index in [4.69, 9.17) is 16.3 Å². The highest BCUT2D eigenvalue weighted by atomic mass is 35.5. The molecule has 3 heterocycles. The maximum Gasteiger partial charge on any atom is 0.282 e. The first-order valence-corrected chi connectivity index (χ1v) is 13.0. The van der Waals surface area contributed by atoms with Gasteiger partial charge in [0.25, 0.3) is 17.7 Å². The molecule has 1 aromatic carbocycles. The smallest absolute Gasteiger partial charge is 0.282 e. The largest absolute Gasteiger partial charge is 0.378 e. The van der Waals surface area contributed by atoms with Crippen LogP contribution in [0.5, 0.6) is 0 Å². The number of amides is 3. The van der Waals surface area contributed by atoms with E-state index in [0.29, 0.717) is 49.6 Å². The molecule has 0 unspecified atom stereocenters. The number of carbonyl (C=O) groups is 3. The lowest BCUT2D eigenvalue weighted by Crippen LogP contribution is -2.58. The van der Waals surface area contributed by atoms with E-state index >= 15 is 0 Å². The fraction of sp³-hybridized carbons (Fsp3) is 0.520. The Labute approximate surface area is 223 Å². The zero-order chi connectivity index (χ0) is 26.9. The summed E-state index contributed by atoms with van der Waals surface area (Å²) in [6.45, 7) is 1.47. The van der Waals surface area contributed by atoms with Crippen molar-refractivity contribution in [3.05, 3.63) is 40.9 Å². The summed E-state index contributed by atoms with van der Waals surface area (Å²) in [6, 6.07) is 5.38. The van der Waals surface area contributed by atoms with Gasteiger partial charge >= 0.3 is 0 Å². The topological polar surface area (TPSA) is 120 Å². The second-order valence-electron chi connectivity index (χ2n) is 9.92. The van der Waals surface area contributed by atoms with Gasteiger partial charge in [-0.3, -0.25) is 14.4 Å². The molecule has 2 saturated heterocycles. The SMILES string of the molecule is O=C(N[C@H]1CC[C@H](C(=O)Nc2cc(N3CCOCC3)ccc2Cl)CC1)c1[nH]cnc1C(=O)N1CC(F)(F)C1. The number of aromatic amines is 1. The summed E-state index contributed by atoms with van der Waals surface area (Å²) in [5.74, 6) is -4.50. The lowest BCUT2D eigenvalue weighted by Gasteiger charge is -2.38. The molecule has 1 aromatic heterocycles. The molecule has 0 bridgehead atoms. The number of rotatable bonds is 6. The number of anilines is 2. The molecule has 3 aliphatic rings. The number of aromatic nitrogens is 2. The third kappa shape index (κ3) is 5.75. The van der Waals surface area contributed by atoms with Crippen LogP contribution in [0, 0.1) is 5.92 Å². The molecule has 0 radical (unpaired) electrons. The summed E-state index contributed by atoms with van der Waals surface area (Å²) < 4.78 is 31.7. The van der Waals surface area contributed by atoms with Crippen molar-refractivity contribution in [2.45, 2.75) is 37.6 Å². The van der Waals surface area contributed by atoms with E-state index in [1.807, 2.05) is 12.1 Å². The zero-order valence-corrected chi connectivity index (χ0v) is 21.4. The molecule has 3 N–H and O–H groups in total. The number of imidazole rings is 1. The number of carbonyl (C=O) groups excluding carboxylic acids is 3. The first kappa shape index (κ1) is 26.4. The van der Waals surface area contributed by atoms with Gasteiger partial charge < -0.3 is 30.2 Å². The molecule has 5 rings (SSSR count). The van der Waals surface area contributed by atoms with Crippen molar-refractivity contribution in [3.8, 4) is 0 Å². The summed E-state index contributed by atoms with van der Waals surface area (Å²) >= 11 is 6.35. The van der Waals surface area contributed by atoms with Gasteiger partial charge in [0.15, 0.2) is 5.69 Å². The number of halogens is 3. The molecular formula is C25H29ClF2N6O4. The van der Waals surface area contributed by atoms with Gasteiger partial charge in [-0.05, 0) is 43.9 Å². The summed E-state index contributed by atoms with van der Waals surface area (Å²) in [5, 5.41) is 6.29. The molecule has 3 amide bonds. The van der Waals surface area contributed by atoms with Crippen LogP contribution in [0.15, 0.2) is 24.5 Å². The Bertz CT molecular complexity index is 1200. The minimum Gasteiger partial charge on any atom is -0.378 e. The van der Waals surface area contributed by atoms with Gasteiger partial charge in [-0.1, -0.05) is 11.6 Å². The summed E-state index contributed by atoms with van der Waals surface area (Å²) in [6.07, 6.45) is 3.47. The fourth-order valence-electron chi connectivity index (χ4n) is 5.05. The van der Waals surface area contributed by atoms with Gasteiger partial charge in [-0.25, -0.2) is 13.8 Å². The van der Waals surface area contributed by atoms with Crippen molar-refractivity contribution in [2.24, 2.45) is 5.92 Å². The third-order valence-corrected chi connectivity index (χ3v) is 7.55. The van der Waals surface area contributed by atoms with Crippen molar-refractivity contribution in [3.63, 3.8) is 0 Å². The molecule has 0 atom stereocenters. The summed E-state index contributed by atoms with van der Waals surface area (Å²) in [4.78, 5) is 47.9. The number of alkyl halides is 2. The lowest BCUT2D eigenvalue weighted by molar-refractivity contribution is -0.120. The van der Waals surface area contributed by atoms with Crippen LogP contribution in [-0.2, 0) is 9.53 Å². The molecular weight excluding hydrogens is 522 g/mol.